The van der Waals surface area contributed by atoms with Crippen molar-refractivity contribution < 1.29 is 170 Å². The molecule has 12 nitrogen and oxygen atoms in total. The Hall–Kier alpha value is 3.96. The quantitative estimate of drug-likeness (QED) is 0.0800. The van der Waals surface area contributed by atoms with E-state index in [2.05, 4.69) is 8.67 Å². The summed E-state index contributed by atoms with van der Waals surface area (Å²) in [5.41, 5.74) is 0. The van der Waals surface area contributed by atoms with Gasteiger partial charge in [0.05, 0.1) is 0 Å². The molecule has 0 aliphatic heterocycles. The Kier molecular flexibility index (Phi) is 37.8. The van der Waals surface area contributed by atoms with E-state index in [9.17, 15) is 25.9 Å². The van der Waals surface area contributed by atoms with Gasteiger partial charge in [-0.05, 0) is 0 Å². The fourth-order valence-electron chi connectivity index (χ4n) is 0.0680. The molecule has 0 aromatic rings. The maximum absolute atomic E-state index is 9.37. The van der Waals surface area contributed by atoms with Gasteiger partial charge in [0.15, 0.2) is 0 Å². The minimum Gasteiger partial charge on any atom is -0.763 e. The Labute approximate surface area is 207 Å². The van der Waals surface area contributed by atoms with Crippen molar-refractivity contribution in [2.24, 2.45) is 0 Å². The van der Waals surface area contributed by atoms with E-state index in [4.69, 9.17) is 17.5 Å². The van der Waals surface area contributed by atoms with Crippen molar-refractivity contribution >= 4 is 41.0 Å². The van der Waals surface area contributed by atoms with Crippen LogP contribution in [0.2, 0.25) is 0 Å². The topological polar surface area (TPSA) is 213 Å². The first-order chi connectivity index (χ1) is 6.85. The molecule has 0 N–H and O–H groups in total. The van der Waals surface area contributed by atoms with Crippen molar-refractivity contribution in [3.05, 3.63) is 0 Å². The first-order valence-electron chi connectivity index (χ1n) is 2.33. The van der Waals surface area contributed by atoms with Crippen LogP contribution in [0.5, 0.6) is 0 Å². The first-order valence-corrected chi connectivity index (χ1v) is 7.67. The number of hydrogen-bond acceptors (Lipinski definition) is 12. The number of hydrogen-bond donors (Lipinski definition) is 0. The molecule has 20 heteroatoms. The molecule has 0 saturated carbocycles. The summed E-state index contributed by atoms with van der Waals surface area (Å²) in [7, 11) is -16.5. The average molecular weight is 412 g/mol. The van der Waals surface area contributed by atoms with E-state index < -0.39 is 41.0 Å². The second kappa shape index (κ2) is 19.3. The summed E-state index contributed by atoms with van der Waals surface area (Å²) in [6, 6.07) is 0. The molecule has 0 fully saturated rings. The summed E-state index contributed by atoms with van der Waals surface area (Å²) < 4.78 is 97.8. The molecule has 2 atom stereocenters. The molecular formula is Na4O12S4. The molecular weight excluding hydrogens is 412 g/mol. The van der Waals surface area contributed by atoms with Crippen LogP contribution in [-0.2, 0) is 49.7 Å². The van der Waals surface area contributed by atoms with Crippen molar-refractivity contribution in [2.45, 2.75) is 0 Å². The van der Waals surface area contributed by atoms with Crippen molar-refractivity contribution in [3.8, 4) is 0 Å². The molecule has 0 heterocycles. The van der Waals surface area contributed by atoms with Gasteiger partial charge in [0, 0.05) is 20.2 Å². The van der Waals surface area contributed by atoms with Gasteiger partial charge in [0.2, 0.25) is 20.8 Å². The van der Waals surface area contributed by atoms with Gasteiger partial charge in [0.25, 0.3) is 0 Å². The van der Waals surface area contributed by atoms with Crippen LogP contribution in [0.15, 0.2) is 0 Å². The fourth-order valence-corrected chi connectivity index (χ4v) is 0.612. The number of rotatable bonds is 4. The van der Waals surface area contributed by atoms with Crippen LogP contribution >= 0.6 is 0 Å². The Morgan fingerprint density at radius 2 is 0.800 bits per heavy atom. The third-order valence-corrected chi connectivity index (χ3v) is 1.75. The van der Waals surface area contributed by atoms with Crippen LogP contribution in [-0.4, -0.2) is 43.5 Å². The van der Waals surface area contributed by atoms with E-state index in [-0.39, 0.29) is 118 Å². The van der Waals surface area contributed by atoms with Gasteiger partial charge in [-0.15, -0.1) is 8.67 Å². The Morgan fingerprint density at radius 1 is 0.650 bits per heavy atom. The summed E-state index contributed by atoms with van der Waals surface area (Å²) in [6.45, 7) is 0. The third kappa shape index (κ3) is 43.1. The van der Waals surface area contributed by atoms with Gasteiger partial charge in [-0.1, -0.05) is 0 Å². The second-order valence-electron chi connectivity index (χ2n) is 1.36. The molecule has 0 bridgehead atoms. The van der Waals surface area contributed by atoms with E-state index in [1.165, 1.54) is 0 Å². The monoisotopic (exact) mass is 412 g/mol. The Balaban J connectivity index is -0.0000000440. The maximum Gasteiger partial charge on any atom is 1.00 e. The van der Waals surface area contributed by atoms with Crippen LogP contribution in [0.25, 0.3) is 0 Å². The largest absolute Gasteiger partial charge is 1.00 e. The van der Waals surface area contributed by atoms with Gasteiger partial charge in [0.1, 0.15) is 0 Å². The van der Waals surface area contributed by atoms with Crippen LogP contribution < -0.4 is 118 Å². The van der Waals surface area contributed by atoms with E-state index in [1.54, 1.807) is 0 Å². The van der Waals surface area contributed by atoms with Crippen molar-refractivity contribution in [2.75, 3.05) is 0 Å². The van der Waals surface area contributed by atoms with Gasteiger partial charge in [-0.2, -0.15) is 0 Å². The first kappa shape index (κ1) is 39.2. The average Bonchev–Trinajstić information content (AvgIpc) is 1.99. The van der Waals surface area contributed by atoms with Crippen LogP contribution in [0.3, 0.4) is 0 Å². The summed E-state index contributed by atoms with van der Waals surface area (Å²) in [5.74, 6) is 0. The van der Waals surface area contributed by atoms with E-state index in [0.29, 0.717) is 0 Å². The minimum absolute atomic E-state index is 0. The normalized spacial score (nSPS) is 12.6. The van der Waals surface area contributed by atoms with Crippen molar-refractivity contribution in [3.63, 3.8) is 0 Å². The van der Waals surface area contributed by atoms with Gasteiger partial charge >= 0.3 is 118 Å². The molecule has 0 aromatic carbocycles. The fraction of sp³-hybridized carbons (Fsp3) is 0. The molecule has 0 aromatic heterocycles. The molecule has 0 rings (SSSR count). The Morgan fingerprint density at radius 3 is 0.850 bits per heavy atom. The van der Waals surface area contributed by atoms with Gasteiger partial charge < -0.3 is 18.2 Å². The maximum atomic E-state index is 9.37. The van der Waals surface area contributed by atoms with Crippen LogP contribution in [0.4, 0.5) is 0 Å². The molecule has 0 amide bonds. The molecule has 0 aliphatic carbocycles. The standard InChI is InChI=1S/4Na.H2O8S2.H2O4S2/c;;;;1-9(2,3)7-8-10(4,5)6;1-5(2)6(3)4/h;;;;(H,1,2,3)(H,4,5,6);(H,1,2)(H,3,4)/q4*+1;;/p-4. The summed E-state index contributed by atoms with van der Waals surface area (Å²) in [4.78, 5) is 0. The Bertz CT molecular complexity index is 404. The third-order valence-electron chi connectivity index (χ3n) is 0.306. The van der Waals surface area contributed by atoms with E-state index in [1.807, 2.05) is 0 Å². The van der Waals surface area contributed by atoms with Gasteiger partial charge in [-0.3, -0.25) is 8.42 Å². The van der Waals surface area contributed by atoms with Crippen molar-refractivity contribution in [1.82, 2.24) is 0 Å². The van der Waals surface area contributed by atoms with Crippen LogP contribution in [0, 0.1) is 0 Å². The summed E-state index contributed by atoms with van der Waals surface area (Å²) in [6.07, 6.45) is 0. The zero-order valence-corrected chi connectivity index (χ0v) is 21.8. The van der Waals surface area contributed by atoms with Crippen LogP contribution in [0.1, 0.15) is 0 Å². The summed E-state index contributed by atoms with van der Waals surface area (Å²) in [5, 5.41) is 0. The smallest absolute Gasteiger partial charge is 0.763 e. The molecule has 0 saturated heterocycles. The zero-order valence-electron chi connectivity index (χ0n) is 10.5. The molecule has 0 aliphatic rings. The molecule has 0 spiro atoms. The predicted molar refractivity (Wildman–Crippen MR) is 39.4 cm³/mol. The predicted octanol–water partition coefficient (Wildman–Crippen LogP) is -15.5. The summed E-state index contributed by atoms with van der Waals surface area (Å²) >= 11 is 0. The van der Waals surface area contributed by atoms with E-state index in [0.717, 1.165) is 0 Å². The zero-order chi connectivity index (χ0) is 13.6. The van der Waals surface area contributed by atoms with Crippen molar-refractivity contribution in [1.29, 1.82) is 0 Å². The molecule has 20 heavy (non-hydrogen) atoms. The molecule has 2 unspecified atom stereocenters. The minimum atomic E-state index is -5.31. The SMILES string of the molecule is O=S(=O)([O-])OOS(=O)(=O)[O-].O=S([O-])S(=O)[O-].[Na+].[Na+].[Na+].[Na+]. The van der Waals surface area contributed by atoms with E-state index >= 15 is 0 Å². The molecule has 100 valence electrons. The second-order valence-corrected chi connectivity index (χ2v) is 5.72. The molecule has 0 radical (unpaired) electrons. The van der Waals surface area contributed by atoms with Gasteiger partial charge in [-0.25, -0.2) is 16.8 Å².